The molecule has 3 aromatic carbocycles. The van der Waals surface area contributed by atoms with Gasteiger partial charge in [0.15, 0.2) is 6.20 Å². The van der Waals surface area contributed by atoms with E-state index < -0.39 is 10.0 Å². The van der Waals surface area contributed by atoms with Crippen molar-refractivity contribution in [2.24, 2.45) is 0 Å². The molecular weight excluding hydrogens is 416 g/mol. The van der Waals surface area contributed by atoms with Crippen LogP contribution in [-0.2, 0) is 10.0 Å². The average molecular weight is 442 g/mol. The molecule has 160 valence electrons. The van der Waals surface area contributed by atoms with E-state index in [1.165, 1.54) is 0 Å². The van der Waals surface area contributed by atoms with Crippen molar-refractivity contribution in [3.63, 3.8) is 0 Å². The third kappa shape index (κ3) is 4.79. The van der Waals surface area contributed by atoms with E-state index in [-0.39, 0.29) is 4.90 Å². The molecule has 0 fully saturated rings. The Labute approximate surface area is 189 Å². The minimum atomic E-state index is -3.71. The summed E-state index contributed by atoms with van der Waals surface area (Å²) in [6.07, 6.45) is 3.50. The first kappa shape index (κ1) is 21.5. The van der Waals surface area contributed by atoms with Crippen LogP contribution in [0.4, 0.5) is 0 Å². The predicted molar refractivity (Wildman–Crippen MR) is 128 cm³/mol. The number of hydrogen-bond donors (Lipinski definition) is 1. The van der Waals surface area contributed by atoms with Crippen molar-refractivity contribution in [2.75, 3.05) is 0 Å². The lowest BCUT2D eigenvalue weighted by Gasteiger charge is -2.09. The first-order valence-corrected chi connectivity index (χ1v) is 11.8. The summed E-state index contributed by atoms with van der Waals surface area (Å²) in [5.74, 6) is 0. The van der Waals surface area contributed by atoms with Gasteiger partial charge in [0.05, 0.1) is 11.1 Å². The summed E-state index contributed by atoms with van der Waals surface area (Å²) in [6, 6.07) is 30.8. The van der Waals surface area contributed by atoms with Crippen LogP contribution in [-0.4, -0.2) is 8.42 Å². The summed E-state index contributed by atoms with van der Waals surface area (Å²) in [7, 11) is -3.71. The zero-order chi connectivity index (χ0) is 22.6. The molecule has 0 spiro atoms. The Morgan fingerprint density at radius 2 is 1.34 bits per heavy atom. The van der Waals surface area contributed by atoms with E-state index in [0.29, 0.717) is 0 Å². The largest absolute Gasteiger partial charge is 0.280 e. The van der Waals surface area contributed by atoms with E-state index in [1.54, 1.807) is 30.5 Å². The Bertz CT molecular complexity index is 1340. The van der Waals surface area contributed by atoms with Crippen molar-refractivity contribution in [1.29, 1.82) is 0 Å². The van der Waals surface area contributed by atoms with Crippen LogP contribution in [0, 0.1) is 13.8 Å². The highest BCUT2D eigenvalue weighted by molar-refractivity contribution is 7.89. The van der Waals surface area contributed by atoms with E-state index in [9.17, 15) is 8.42 Å². The molecule has 0 aliphatic rings. The molecule has 1 heterocycles. The van der Waals surface area contributed by atoms with Crippen molar-refractivity contribution in [3.05, 3.63) is 126 Å². The van der Waals surface area contributed by atoms with Crippen LogP contribution in [0.2, 0.25) is 0 Å². The maximum absolute atomic E-state index is 13.0. The fraction of sp³-hybridized carbons (Fsp3) is 0.0741. The van der Waals surface area contributed by atoms with E-state index in [1.807, 2.05) is 97.4 Å². The SMILES string of the molecule is Cc1ccc(/C(=C/NS(=O)(=O)c2ccc(C)cc2)[n+]2ccccc2-c2ccccc2)cc1. The maximum atomic E-state index is 13.0. The average Bonchev–Trinajstić information content (AvgIpc) is 2.81. The molecule has 0 radical (unpaired) electrons. The Balaban J connectivity index is 1.83. The van der Waals surface area contributed by atoms with Crippen LogP contribution in [0.5, 0.6) is 0 Å². The molecule has 0 aliphatic carbocycles. The molecule has 1 aromatic heterocycles. The molecule has 0 amide bonds. The molecule has 4 rings (SSSR count). The maximum Gasteiger partial charge on any atom is 0.261 e. The molecular formula is C27H25N2O2S+. The molecule has 0 saturated heterocycles. The highest BCUT2D eigenvalue weighted by Crippen LogP contribution is 2.20. The fourth-order valence-electron chi connectivity index (χ4n) is 3.43. The second kappa shape index (κ2) is 9.20. The summed E-state index contributed by atoms with van der Waals surface area (Å²) in [5, 5.41) is 0. The Hall–Kier alpha value is -3.70. The van der Waals surface area contributed by atoms with Crippen LogP contribution in [0.15, 0.2) is 114 Å². The highest BCUT2D eigenvalue weighted by atomic mass is 32.2. The number of rotatable bonds is 6. The zero-order valence-corrected chi connectivity index (χ0v) is 18.9. The number of nitrogens with zero attached hydrogens (tertiary/aromatic N) is 1. The summed E-state index contributed by atoms with van der Waals surface area (Å²) < 4.78 is 30.6. The molecule has 4 nitrogen and oxygen atoms in total. The van der Waals surface area contributed by atoms with Crippen LogP contribution in [0.3, 0.4) is 0 Å². The lowest BCUT2D eigenvalue weighted by Crippen LogP contribution is -2.36. The minimum Gasteiger partial charge on any atom is -0.280 e. The molecule has 4 aromatic rings. The quantitative estimate of drug-likeness (QED) is 0.424. The van der Waals surface area contributed by atoms with Gasteiger partial charge >= 0.3 is 0 Å². The summed E-state index contributed by atoms with van der Waals surface area (Å²) in [5.41, 5.74) is 5.75. The lowest BCUT2D eigenvalue weighted by molar-refractivity contribution is -0.567. The number of nitrogens with one attached hydrogen (secondary N) is 1. The second-order valence-electron chi connectivity index (χ2n) is 7.65. The third-order valence-corrected chi connectivity index (χ3v) is 6.54. The Morgan fingerprint density at radius 1 is 0.750 bits per heavy atom. The van der Waals surface area contributed by atoms with Crippen LogP contribution in [0.1, 0.15) is 16.7 Å². The first-order chi connectivity index (χ1) is 15.4. The fourth-order valence-corrected chi connectivity index (χ4v) is 4.33. The van der Waals surface area contributed by atoms with Gasteiger partial charge < -0.3 is 0 Å². The number of aromatic nitrogens is 1. The molecule has 0 atom stereocenters. The smallest absolute Gasteiger partial charge is 0.261 e. The van der Waals surface area contributed by atoms with Crippen molar-refractivity contribution >= 4 is 15.7 Å². The summed E-state index contributed by atoms with van der Waals surface area (Å²) in [4.78, 5) is 0.226. The van der Waals surface area contributed by atoms with Gasteiger partial charge in [0.1, 0.15) is 0 Å². The number of sulfonamides is 1. The third-order valence-electron chi connectivity index (χ3n) is 5.22. The van der Waals surface area contributed by atoms with E-state index >= 15 is 0 Å². The molecule has 32 heavy (non-hydrogen) atoms. The van der Waals surface area contributed by atoms with E-state index in [0.717, 1.165) is 33.6 Å². The van der Waals surface area contributed by atoms with Crippen molar-refractivity contribution in [3.8, 4) is 11.3 Å². The summed E-state index contributed by atoms with van der Waals surface area (Å²) >= 11 is 0. The molecule has 0 bridgehead atoms. The van der Waals surface area contributed by atoms with Crippen LogP contribution in [0.25, 0.3) is 17.0 Å². The Kier molecular flexibility index (Phi) is 6.19. The highest BCUT2D eigenvalue weighted by Gasteiger charge is 2.21. The van der Waals surface area contributed by atoms with E-state index in [4.69, 9.17) is 0 Å². The van der Waals surface area contributed by atoms with Crippen LogP contribution >= 0.6 is 0 Å². The Morgan fingerprint density at radius 3 is 2.00 bits per heavy atom. The first-order valence-electron chi connectivity index (χ1n) is 10.4. The zero-order valence-electron chi connectivity index (χ0n) is 18.1. The van der Waals surface area contributed by atoms with Crippen molar-refractivity contribution in [2.45, 2.75) is 18.7 Å². The van der Waals surface area contributed by atoms with E-state index in [2.05, 4.69) is 4.72 Å². The molecule has 0 unspecified atom stereocenters. The lowest BCUT2D eigenvalue weighted by atomic mass is 10.1. The standard InChI is InChI=1S/C27H25N2O2S/c1-21-11-15-24(16-12-21)27(20-28-32(30,31)25-17-13-22(2)14-18-25)29-19-7-6-10-26(29)23-8-4-3-5-9-23/h3-20,28H,1-2H3/q+1/b27-20-. The summed E-state index contributed by atoms with van der Waals surface area (Å²) in [6.45, 7) is 3.95. The van der Waals surface area contributed by atoms with Crippen molar-refractivity contribution < 1.29 is 13.0 Å². The monoisotopic (exact) mass is 441 g/mol. The van der Waals surface area contributed by atoms with Gasteiger partial charge in [-0.25, -0.2) is 8.42 Å². The minimum absolute atomic E-state index is 0.226. The van der Waals surface area contributed by atoms with Gasteiger partial charge in [0.2, 0.25) is 11.4 Å². The number of benzene rings is 3. The van der Waals surface area contributed by atoms with Gasteiger partial charge in [-0.1, -0.05) is 53.6 Å². The number of pyridine rings is 1. The number of aryl methyl sites for hydroxylation is 2. The van der Waals surface area contributed by atoms with Gasteiger partial charge in [0, 0.05) is 23.3 Å². The predicted octanol–water partition coefficient (Wildman–Crippen LogP) is 5.08. The van der Waals surface area contributed by atoms with Gasteiger partial charge in [-0.2, -0.15) is 4.57 Å². The van der Waals surface area contributed by atoms with Gasteiger partial charge in [-0.15, -0.1) is 0 Å². The van der Waals surface area contributed by atoms with Gasteiger partial charge in [0.25, 0.3) is 10.0 Å². The van der Waals surface area contributed by atoms with Gasteiger partial charge in [-0.05, 0) is 56.3 Å². The van der Waals surface area contributed by atoms with Crippen molar-refractivity contribution in [1.82, 2.24) is 4.72 Å². The topological polar surface area (TPSA) is 50.1 Å². The molecule has 1 N–H and O–H groups in total. The van der Waals surface area contributed by atoms with Crippen LogP contribution < -0.4 is 9.29 Å². The number of hydrogen-bond acceptors (Lipinski definition) is 2. The normalized spacial score (nSPS) is 11.9. The molecule has 5 heteroatoms. The molecule has 0 saturated carbocycles. The van der Waals surface area contributed by atoms with Gasteiger partial charge in [-0.3, -0.25) is 4.72 Å². The second-order valence-corrected chi connectivity index (χ2v) is 9.37. The molecule has 0 aliphatic heterocycles.